The Bertz CT molecular complexity index is 383. The number of benzene rings is 1. The Balaban J connectivity index is 2.32. The molecule has 0 heterocycles. The lowest BCUT2D eigenvalue weighted by Crippen LogP contribution is -2.14. The fourth-order valence-electron chi connectivity index (χ4n) is 1.71. The lowest BCUT2D eigenvalue weighted by atomic mass is 10.2. The molecule has 0 aliphatic rings. The summed E-state index contributed by atoms with van der Waals surface area (Å²) < 4.78 is 24.6. The van der Waals surface area contributed by atoms with Gasteiger partial charge in [0, 0.05) is 13.2 Å². The van der Waals surface area contributed by atoms with E-state index in [2.05, 4.69) is 26.1 Å². The van der Waals surface area contributed by atoms with Crippen molar-refractivity contribution in [3.8, 4) is 5.75 Å². The van der Waals surface area contributed by atoms with Gasteiger partial charge in [-0.05, 0) is 36.6 Å². The van der Waals surface area contributed by atoms with E-state index in [9.17, 15) is 4.39 Å². The van der Waals surface area contributed by atoms with E-state index in [1.54, 1.807) is 6.07 Å². The van der Waals surface area contributed by atoms with Crippen molar-refractivity contribution in [2.75, 3.05) is 26.4 Å². The zero-order valence-electron chi connectivity index (χ0n) is 12.7. The van der Waals surface area contributed by atoms with Crippen LogP contribution in [0.5, 0.6) is 5.75 Å². The summed E-state index contributed by atoms with van der Waals surface area (Å²) in [5.74, 6) is 0.476. The highest BCUT2D eigenvalue weighted by Crippen LogP contribution is 2.18. The predicted molar refractivity (Wildman–Crippen MR) is 79.5 cm³/mol. The Morgan fingerprint density at radius 2 is 2.05 bits per heavy atom. The van der Waals surface area contributed by atoms with Crippen LogP contribution < -0.4 is 10.1 Å². The quantitative estimate of drug-likeness (QED) is 0.668. The third-order valence-corrected chi connectivity index (χ3v) is 2.69. The molecule has 0 saturated carbocycles. The Kier molecular flexibility index (Phi) is 8.23. The number of nitrogens with one attached hydrogen (secondary N) is 1. The first-order valence-electron chi connectivity index (χ1n) is 7.33. The lowest BCUT2D eigenvalue weighted by molar-refractivity contribution is 0.0808. The summed E-state index contributed by atoms with van der Waals surface area (Å²) in [6.45, 7) is 9.46. The molecule has 1 aromatic rings. The molecule has 0 aliphatic carbocycles. The maximum absolute atomic E-state index is 13.8. The van der Waals surface area contributed by atoms with E-state index in [-0.39, 0.29) is 11.6 Å². The van der Waals surface area contributed by atoms with E-state index in [1.807, 2.05) is 6.07 Å². The number of hydrogen-bond acceptors (Lipinski definition) is 3. The molecule has 4 heteroatoms. The van der Waals surface area contributed by atoms with Gasteiger partial charge in [-0.15, -0.1) is 0 Å². The van der Waals surface area contributed by atoms with Crippen LogP contribution in [-0.4, -0.2) is 26.4 Å². The summed E-state index contributed by atoms with van der Waals surface area (Å²) in [4.78, 5) is 0. The summed E-state index contributed by atoms with van der Waals surface area (Å²) in [7, 11) is 0. The summed E-state index contributed by atoms with van der Waals surface area (Å²) >= 11 is 0. The first kappa shape index (κ1) is 16.9. The van der Waals surface area contributed by atoms with Crippen molar-refractivity contribution < 1.29 is 13.9 Å². The molecule has 0 fully saturated rings. The highest BCUT2D eigenvalue weighted by atomic mass is 19.1. The molecule has 0 atom stereocenters. The van der Waals surface area contributed by atoms with Crippen molar-refractivity contribution in [1.29, 1.82) is 0 Å². The predicted octanol–water partition coefficient (Wildman–Crippen LogP) is 3.38. The monoisotopic (exact) mass is 283 g/mol. The molecule has 1 rings (SSSR count). The van der Waals surface area contributed by atoms with Gasteiger partial charge in [0.25, 0.3) is 0 Å². The number of halogens is 1. The van der Waals surface area contributed by atoms with Crippen molar-refractivity contribution in [2.24, 2.45) is 5.92 Å². The average molecular weight is 283 g/mol. The molecule has 20 heavy (non-hydrogen) atoms. The molecule has 0 aromatic heterocycles. The van der Waals surface area contributed by atoms with Crippen LogP contribution in [0.4, 0.5) is 4.39 Å². The summed E-state index contributed by atoms with van der Waals surface area (Å²) in [6.07, 6.45) is 1.07. The second-order valence-electron chi connectivity index (χ2n) is 5.26. The highest BCUT2D eigenvalue weighted by molar-refractivity contribution is 5.29. The molecule has 0 bridgehead atoms. The average Bonchev–Trinajstić information content (AvgIpc) is 2.40. The Labute approximate surface area is 121 Å². The van der Waals surface area contributed by atoms with Gasteiger partial charge >= 0.3 is 0 Å². The van der Waals surface area contributed by atoms with E-state index in [1.165, 1.54) is 6.07 Å². The minimum absolute atomic E-state index is 0.289. The fraction of sp³-hybridized carbons (Fsp3) is 0.625. The second kappa shape index (κ2) is 9.72. The highest BCUT2D eigenvalue weighted by Gasteiger charge is 2.05. The van der Waals surface area contributed by atoms with Gasteiger partial charge in [0.15, 0.2) is 11.6 Å². The van der Waals surface area contributed by atoms with Crippen LogP contribution in [0, 0.1) is 11.7 Å². The summed E-state index contributed by atoms with van der Waals surface area (Å²) in [6, 6.07) is 5.09. The molecule has 0 aliphatic heterocycles. The third kappa shape index (κ3) is 6.87. The Morgan fingerprint density at radius 3 is 2.70 bits per heavy atom. The first-order chi connectivity index (χ1) is 9.63. The molecule has 0 unspecified atom stereocenters. The molecule has 0 radical (unpaired) electrons. The van der Waals surface area contributed by atoms with E-state index >= 15 is 0 Å². The van der Waals surface area contributed by atoms with Gasteiger partial charge in [-0.2, -0.15) is 0 Å². The smallest absolute Gasteiger partial charge is 0.165 e. The van der Waals surface area contributed by atoms with Crippen LogP contribution >= 0.6 is 0 Å². The van der Waals surface area contributed by atoms with Gasteiger partial charge in [-0.1, -0.05) is 26.8 Å². The zero-order chi connectivity index (χ0) is 14.8. The van der Waals surface area contributed by atoms with Crippen LogP contribution in [0.3, 0.4) is 0 Å². The number of rotatable bonds is 10. The molecule has 0 saturated heterocycles. The van der Waals surface area contributed by atoms with Gasteiger partial charge in [-0.3, -0.25) is 0 Å². The Morgan fingerprint density at radius 1 is 1.25 bits per heavy atom. The minimum atomic E-state index is -0.315. The van der Waals surface area contributed by atoms with Crippen LogP contribution in [-0.2, 0) is 11.3 Å². The molecular formula is C16H26FNO2. The van der Waals surface area contributed by atoms with Crippen LogP contribution in [0.1, 0.15) is 32.8 Å². The van der Waals surface area contributed by atoms with Crippen molar-refractivity contribution in [1.82, 2.24) is 5.32 Å². The normalized spacial score (nSPS) is 11.1. The molecule has 0 spiro atoms. The van der Waals surface area contributed by atoms with E-state index in [4.69, 9.17) is 9.47 Å². The van der Waals surface area contributed by atoms with Gasteiger partial charge in [0.2, 0.25) is 0 Å². The summed E-state index contributed by atoms with van der Waals surface area (Å²) in [5.41, 5.74) is 0.930. The van der Waals surface area contributed by atoms with Gasteiger partial charge in [0.05, 0.1) is 6.61 Å². The van der Waals surface area contributed by atoms with Crippen LogP contribution in [0.25, 0.3) is 0 Å². The van der Waals surface area contributed by atoms with Crippen molar-refractivity contribution in [3.05, 3.63) is 29.6 Å². The summed E-state index contributed by atoms with van der Waals surface area (Å²) in [5, 5.41) is 3.24. The number of hydrogen-bond donors (Lipinski definition) is 1. The molecule has 114 valence electrons. The maximum Gasteiger partial charge on any atom is 0.165 e. The van der Waals surface area contributed by atoms with Gasteiger partial charge in [-0.25, -0.2) is 4.39 Å². The minimum Gasteiger partial charge on any atom is -0.488 e. The topological polar surface area (TPSA) is 30.5 Å². The first-order valence-corrected chi connectivity index (χ1v) is 7.33. The molecule has 3 nitrogen and oxygen atoms in total. The van der Waals surface area contributed by atoms with E-state index in [0.29, 0.717) is 32.3 Å². The van der Waals surface area contributed by atoms with Crippen molar-refractivity contribution in [2.45, 2.75) is 33.7 Å². The van der Waals surface area contributed by atoms with E-state index in [0.717, 1.165) is 18.5 Å². The van der Waals surface area contributed by atoms with Crippen molar-refractivity contribution in [3.63, 3.8) is 0 Å². The largest absolute Gasteiger partial charge is 0.488 e. The fourth-order valence-corrected chi connectivity index (χ4v) is 1.71. The Hall–Kier alpha value is -1.13. The molecule has 1 aromatic carbocycles. The van der Waals surface area contributed by atoms with Gasteiger partial charge < -0.3 is 14.8 Å². The maximum atomic E-state index is 13.8. The third-order valence-electron chi connectivity index (χ3n) is 2.69. The standard InChI is InChI=1S/C16H26FNO2/c1-4-7-18-11-14-5-6-16(15(17)10-14)20-9-8-19-12-13(2)3/h5-6,10,13,18H,4,7-9,11-12H2,1-3H3. The van der Waals surface area contributed by atoms with Crippen molar-refractivity contribution >= 4 is 0 Å². The zero-order valence-corrected chi connectivity index (χ0v) is 12.7. The second-order valence-corrected chi connectivity index (χ2v) is 5.26. The molecular weight excluding hydrogens is 257 g/mol. The van der Waals surface area contributed by atoms with Crippen LogP contribution in [0.15, 0.2) is 18.2 Å². The van der Waals surface area contributed by atoms with E-state index < -0.39 is 0 Å². The van der Waals surface area contributed by atoms with Crippen LogP contribution in [0.2, 0.25) is 0 Å². The SMILES string of the molecule is CCCNCc1ccc(OCCOCC(C)C)c(F)c1. The molecule has 0 amide bonds. The number of ether oxygens (including phenoxy) is 2. The lowest BCUT2D eigenvalue weighted by Gasteiger charge is -2.10. The van der Waals surface area contributed by atoms with Gasteiger partial charge in [0.1, 0.15) is 6.61 Å². The molecule has 1 N–H and O–H groups in total.